The highest BCUT2D eigenvalue weighted by Gasteiger charge is 2.61. The maximum Gasteiger partial charge on any atom is 0.331 e. The third-order valence-electron chi connectivity index (χ3n) is 8.95. The van der Waals surface area contributed by atoms with Crippen molar-refractivity contribution in [3.05, 3.63) is 57.8 Å². The van der Waals surface area contributed by atoms with Crippen molar-refractivity contribution in [2.24, 2.45) is 22.2 Å². The lowest BCUT2D eigenvalue weighted by Crippen LogP contribution is -2.63. The first-order chi connectivity index (χ1) is 20.2. The third kappa shape index (κ3) is 6.26. The van der Waals surface area contributed by atoms with E-state index in [1.165, 1.54) is 12.4 Å². The zero-order valence-electron chi connectivity index (χ0n) is 24.2. The second-order valence-electron chi connectivity index (χ2n) is 11.8. The van der Waals surface area contributed by atoms with Gasteiger partial charge in [0.25, 0.3) is 5.91 Å². The van der Waals surface area contributed by atoms with Crippen LogP contribution in [0.4, 0.5) is 5.69 Å². The number of ether oxygens (including phenoxy) is 1. The molecule has 10 heteroatoms. The molecule has 2 unspecified atom stereocenters. The average molecular weight is 614 g/mol. The van der Waals surface area contributed by atoms with Gasteiger partial charge < -0.3 is 15.0 Å². The number of Topliss-reactive ketones (excluding diaryl/α,β-unsaturated/α-hetero) is 1. The average Bonchev–Trinajstić information content (AvgIpc) is 2.97. The van der Waals surface area contributed by atoms with E-state index in [2.05, 4.69) is 22.2 Å². The number of pyridine rings is 1. The van der Waals surface area contributed by atoms with Crippen molar-refractivity contribution in [1.82, 2.24) is 9.88 Å². The van der Waals surface area contributed by atoms with Crippen molar-refractivity contribution in [2.75, 3.05) is 32.1 Å². The summed E-state index contributed by atoms with van der Waals surface area (Å²) in [6.45, 7) is 3.96. The number of hydrogen-bond acceptors (Lipinski definition) is 7. The summed E-state index contributed by atoms with van der Waals surface area (Å²) in [5.74, 6) is -0.474. The van der Waals surface area contributed by atoms with E-state index in [-0.39, 0.29) is 40.0 Å². The predicted molar refractivity (Wildman–Crippen MR) is 164 cm³/mol. The highest BCUT2D eigenvalue weighted by atomic mass is 35.5. The lowest BCUT2D eigenvalue weighted by molar-refractivity contribution is -0.145. The van der Waals surface area contributed by atoms with Crippen LogP contribution in [0.25, 0.3) is 0 Å². The molecule has 1 N–H and O–H groups in total. The number of aliphatic imine (C=N–C) groups is 1. The first kappa shape index (κ1) is 30.6. The molecule has 1 aromatic heterocycles. The van der Waals surface area contributed by atoms with Crippen molar-refractivity contribution >= 4 is 52.3 Å². The Kier molecular flexibility index (Phi) is 9.65. The molecule has 2 aromatic rings. The Morgan fingerprint density at radius 1 is 1.12 bits per heavy atom. The number of esters is 1. The molecular formula is C32H38Cl2N4O4. The largest absolute Gasteiger partial charge is 0.464 e. The van der Waals surface area contributed by atoms with Gasteiger partial charge in [0.05, 0.1) is 33.5 Å². The predicted octanol–water partition coefficient (Wildman–Crippen LogP) is 6.05. The topological polar surface area (TPSA) is 101 Å². The molecule has 2 aliphatic carbocycles. The van der Waals surface area contributed by atoms with E-state index in [0.717, 1.165) is 69.3 Å². The van der Waals surface area contributed by atoms with Gasteiger partial charge in [-0.25, -0.2) is 4.79 Å². The Balaban J connectivity index is 1.38. The molecule has 3 fully saturated rings. The van der Waals surface area contributed by atoms with Gasteiger partial charge in [0.1, 0.15) is 0 Å². The summed E-state index contributed by atoms with van der Waals surface area (Å²) in [5.41, 5.74) is 1.99. The molecule has 8 nitrogen and oxygen atoms in total. The Labute approximate surface area is 257 Å². The summed E-state index contributed by atoms with van der Waals surface area (Å²) in [7, 11) is 2.11. The monoisotopic (exact) mass is 612 g/mol. The fourth-order valence-electron chi connectivity index (χ4n) is 6.90. The van der Waals surface area contributed by atoms with Gasteiger partial charge >= 0.3 is 5.97 Å². The second-order valence-corrected chi connectivity index (χ2v) is 12.6. The Bertz CT molecular complexity index is 1340. The number of nitrogens with zero attached hydrogens (tertiary/aromatic N) is 3. The number of anilines is 1. The molecule has 2 heterocycles. The van der Waals surface area contributed by atoms with E-state index in [4.69, 9.17) is 32.9 Å². The zero-order valence-corrected chi connectivity index (χ0v) is 25.7. The minimum Gasteiger partial charge on any atom is -0.464 e. The van der Waals surface area contributed by atoms with Gasteiger partial charge in [-0.1, -0.05) is 54.6 Å². The molecule has 0 bridgehead atoms. The number of halogens is 2. The number of benzene rings is 1. The number of nitrogens with one attached hydrogen (secondary N) is 1. The number of piperidine rings is 1. The summed E-state index contributed by atoms with van der Waals surface area (Å²) in [6, 6.07) is 6.50. The second kappa shape index (κ2) is 13.2. The molecule has 5 rings (SSSR count). The van der Waals surface area contributed by atoms with Crippen molar-refractivity contribution in [3.8, 4) is 0 Å². The van der Waals surface area contributed by atoms with E-state index in [0.29, 0.717) is 17.9 Å². The van der Waals surface area contributed by atoms with Crippen LogP contribution in [0.2, 0.25) is 10.0 Å². The highest BCUT2D eigenvalue weighted by Crippen LogP contribution is 2.53. The summed E-state index contributed by atoms with van der Waals surface area (Å²) < 4.78 is 5.47. The lowest BCUT2D eigenvalue weighted by atomic mass is 9.50. The first-order valence-corrected chi connectivity index (χ1v) is 15.7. The van der Waals surface area contributed by atoms with Crippen LogP contribution in [0.15, 0.2) is 41.7 Å². The molecule has 0 radical (unpaired) electrons. The summed E-state index contributed by atoms with van der Waals surface area (Å²) >= 11 is 12.3. The summed E-state index contributed by atoms with van der Waals surface area (Å²) in [5, 5.41) is 3.13. The number of hydrogen-bond donors (Lipinski definition) is 1. The van der Waals surface area contributed by atoms with E-state index in [9.17, 15) is 14.4 Å². The molecule has 1 aromatic carbocycles. The molecule has 3 aliphatic rings. The van der Waals surface area contributed by atoms with Crippen LogP contribution in [0.1, 0.15) is 67.8 Å². The Morgan fingerprint density at radius 2 is 1.81 bits per heavy atom. The fraction of sp³-hybridized carbons (Fsp3) is 0.531. The SMILES string of the molecule is CCOC(=O)[C@H](Cc1ccc(NC(=O)c2c(Cl)cncc2Cl)cc1)N=C1C(C2CCCN(C)C2)C(=O)C12CCCCC2. The molecule has 2 saturated carbocycles. The number of rotatable bonds is 8. The number of aromatic nitrogens is 1. The van der Waals surface area contributed by atoms with Crippen LogP contribution >= 0.6 is 23.2 Å². The van der Waals surface area contributed by atoms with Crippen molar-refractivity contribution in [1.29, 1.82) is 0 Å². The standard InChI is InChI=1S/C32H38Cl2N4O4/c1-3-42-31(41)25(16-20-9-11-22(12-10-20)36-30(40)27-23(33)17-35-18-24(27)34)37-28-26(21-8-7-15-38(2)19-21)29(39)32(28)13-5-4-6-14-32/h9-12,17-18,21,25-26H,3-8,13-16,19H2,1-2H3,(H,36,40)/t21?,25-,26?/m0/s1. The summed E-state index contributed by atoms with van der Waals surface area (Å²) in [4.78, 5) is 51.1. The van der Waals surface area contributed by atoms with Crippen LogP contribution in [-0.2, 0) is 20.7 Å². The minimum absolute atomic E-state index is 0.154. The quantitative estimate of drug-likeness (QED) is 0.364. The van der Waals surface area contributed by atoms with E-state index < -0.39 is 17.4 Å². The van der Waals surface area contributed by atoms with E-state index >= 15 is 0 Å². The first-order valence-electron chi connectivity index (χ1n) is 14.9. The Morgan fingerprint density at radius 3 is 2.45 bits per heavy atom. The number of likely N-dealkylation sites (tertiary alicyclic amines) is 1. The number of carbonyl (C=O) groups excluding carboxylic acids is 3. The Hall–Kier alpha value is -2.81. The van der Waals surface area contributed by atoms with Gasteiger partial charge in [0.2, 0.25) is 0 Å². The van der Waals surface area contributed by atoms with Crippen LogP contribution in [0, 0.1) is 17.3 Å². The highest BCUT2D eigenvalue weighted by molar-refractivity contribution is 6.40. The van der Waals surface area contributed by atoms with Gasteiger partial charge in [-0.15, -0.1) is 0 Å². The molecule has 1 amide bonds. The van der Waals surface area contributed by atoms with Crippen LogP contribution in [-0.4, -0.2) is 66.0 Å². The zero-order chi connectivity index (χ0) is 29.9. The van der Waals surface area contributed by atoms with Crippen molar-refractivity contribution in [3.63, 3.8) is 0 Å². The number of ketones is 1. The van der Waals surface area contributed by atoms with Crippen molar-refractivity contribution < 1.29 is 19.1 Å². The van der Waals surface area contributed by atoms with Gasteiger partial charge in [0, 0.05) is 36.8 Å². The molecule has 3 atom stereocenters. The normalized spacial score (nSPS) is 23.8. The molecule has 224 valence electrons. The van der Waals surface area contributed by atoms with Gasteiger partial charge in [0.15, 0.2) is 11.8 Å². The van der Waals surface area contributed by atoms with Crippen LogP contribution in [0.5, 0.6) is 0 Å². The molecule has 1 saturated heterocycles. The number of amides is 1. The van der Waals surface area contributed by atoms with Crippen LogP contribution in [0.3, 0.4) is 0 Å². The smallest absolute Gasteiger partial charge is 0.331 e. The van der Waals surface area contributed by atoms with E-state index in [1.807, 2.05) is 12.1 Å². The molecule has 42 heavy (non-hydrogen) atoms. The maximum atomic E-state index is 13.8. The maximum absolute atomic E-state index is 13.8. The minimum atomic E-state index is -0.745. The van der Waals surface area contributed by atoms with Gasteiger partial charge in [-0.05, 0) is 69.8 Å². The van der Waals surface area contributed by atoms with E-state index in [1.54, 1.807) is 19.1 Å². The lowest BCUT2D eigenvalue weighted by Gasteiger charge is -2.53. The molecule has 1 aliphatic heterocycles. The van der Waals surface area contributed by atoms with Gasteiger partial charge in [-0.3, -0.25) is 19.6 Å². The third-order valence-corrected chi connectivity index (χ3v) is 9.53. The molecular weight excluding hydrogens is 575 g/mol. The van der Waals surface area contributed by atoms with Crippen LogP contribution < -0.4 is 5.32 Å². The fourth-order valence-corrected chi connectivity index (χ4v) is 7.44. The van der Waals surface area contributed by atoms with Crippen molar-refractivity contribution in [2.45, 2.75) is 64.3 Å². The summed E-state index contributed by atoms with van der Waals surface area (Å²) in [6.07, 6.45) is 9.92. The molecule has 1 spiro atoms. The van der Waals surface area contributed by atoms with Gasteiger partial charge in [-0.2, -0.15) is 0 Å². The number of carbonyl (C=O) groups is 3.